The number of ether oxygens (including phenoxy) is 4. The van der Waals surface area contributed by atoms with Crippen molar-refractivity contribution in [2.75, 3.05) is 19.8 Å². The van der Waals surface area contributed by atoms with Gasteiger partial charge in [-0.25, -0.2) is 4.79 Å². The van der Waals surface area contributed by atoms with Crippen LogP contribution in [0.4, 0.5) is 0 Å². The van der Waals surface area contributed by atoms with Crippen LogP contribution in [0.1, 0.15) is 88.9 Å². The third kappa shape index (κ3) is 4.60. The maximum Gasteiger partial charge on any atom is 0.342 e. The van der Waals surface area contributed by atoms with Crippen molar-refractivity contribution < 1.29 is 23.7 Å². The predicted octanol–water partition coefficient (Wildman–Crippen LogP) is 6.35. The van der Waals surface area contributed by atoms with Crippen molar-refractivity contribution in [3.8, 4) is 5.75 Å². The van der Waals surface area contributed by atoms with E-state index in [9.17, 15) is 4.79 Å². The zero-order valence-corrected chi connectivity index (χ0v) is 22.3. The lowest BCUT2D eigenvalue weighted by molar-refractivity contribution is -0.316. The van der Waals surface area contributed by atoms with Crippen LogP contribution in [0.3, 0.4) is 0 Å². The zero-order chi connectivity index (χ0) is 25.3. The second kappa shape index (κ2) is 10.4. The molecular formula is C30H43NO5. The smallest absolute Gasteiger partial charge is 0.342 e. The Labute approximate surface area is 216 Å². The zero-order valence-electron chi connectivity index (χ0n) is 22.3. The molecule has 1 unspecified atom stereocenters. The van der Waals surface area contributed by atoms with Crippen molar-refractivity contribution in [3.05, 3.63) is 36.2 Å². The van der Waals surface area contributed by atoms with Crippen molar-refractivity contribution >= 4 is 5.97 Å². The molecule has 0 spiro atoms. The van der Waals surface area contributed by atoms with Gasteiger partial charge in [-0.15, -0.1) is 0 Å². The first-order valence-electron chi connectivity index (χ1n) is 14.1. The highest BCUT2D eigenvalue weighted by Gasteiger charge is 2.60. The number of esters is 1. The maximum absolute atomic E-state index is 12.3. The lowest BCUT2D eigenvalue weighted by atomic mass is 9.46. The number of hydrogen-bond donors (Lipinski definition) is 0. The van der Waals surface area contributed by atoms with E-state index in [-0.39, 0.29) is 29.2 Å². The van der Waals surface area contributed by atoms with Gasteiger partial charge in [0.15, 0.2) is 12.0 Å². The van der Waals surface area contributed by atoms with Gasteiger partial charge in [-0.05, 0) is 75.2 Å². The Balaban J connectivity index is 1.27. The molecule has 1 aliphatic heterocycles. The third-order valence-electron chi connectivity index (χ3n) is 9.90. The van der Waals surface area contributed by atoms with Crippen LogP contribution < -0.4 is 4.74 Å². The molecule has 2 heterocycles. The summed E-state index contributed by atoms with van der Waals surface area (Å²) < 4.78 is 24.5. The molecule has 0 radical (unpaired) electrons. The molecule has 6 nitrogen and oxygen atoms in total. The molecule has 0 aromatic carbocycles. The summed E-state index contributed by atoms with van der Waals surface area (Å²) in [4.78, 5) is 16.5. The van der Waals surface area contributed by atoms with Crippen LogP contribution in [0.15, 0.2) is 30.6 Å². The Morgan fingerprint density at radius 3 is 2.78 bits per heavy atom. The van der Waals surface area contributed by atoms with E-state index >= 15 is 0 Å². The Bertz CT molecular complexity index is 958. The molecule has 6 atom stereocenters. The number of fused-ring (bicyclic) bond motifs is 3. The highest BCUT2D eigenvalue weighted by molar-refractivity contribution is 5.92. The van der Waals surface area contributed by atoms with Crippen LogP contribution in [0.2, 0.25) is 0 Å². The first kappa shape index (κ1) is 25.7. The van der Waals surface area contributed by atoms with Crippen LogP contribution in [-0.2, 0) is 14.2 Å². The molecule has 5 rings (SSSR count). The van der Waals surface area contributed by atoms with Crippen LogP contribution in [0.5, 0.6) is 5.75 Å². The maximum atomic E-state index is 12.3. The standard InChI is InChI=1S/C30H43NO5/c1-5-33-27(32)22-13-16-31-18-24(22)34-17-14-23-20(2)10-11-25-29(23,3)15-12-26-30(25,4)19-35-28(36-26)21-8-6-7-9-21/h13,16,18,21,23,25-26,28H,2,5-12,14-15,17,19H2,1,3-4H3/t23-,25?,26-,28-,29+,30+/m1/s1. The lowest BCUT2D eigenvalue weighted by Crippen LogP contribution is -2.62. The lowest BCUT2D eigenvalue weighted by Gasteiger charge is -2.63. The number of nitrogens with zero attached hydrogens (tertiary/aromatic N) is 1. The number of allylic oxidation sites excluding steroid dienone is 1. The van der Waals surface area contributed by atoms with E-state index in [4.69, 9.17) is 18.9 Å². The number of carbonyl (C=O) groups is 1. The Hall–Kier alpha value is -1.92. The van der Waals surface area contributed by atoms with Gasteiger partial charge in [0.25, 0.3) is 0 Å². The second-order valence-electron chi connectivity index (χ2n) is 11.9. The van der Waals surface area contributed by atoms with Gasteiger partial charge in [-0.2, -0.15) is 0 Å². The monoisotopic (exact) mass is 497 g/mol. The molecule has 4 aliphatic rings. The van der Waals surface area contributed by atoms with Gasteiger partial charge in [-0.3, -0.25) is 4.98 Å². The van der Waals surface area contributed by atoms with Crippen molar-refractivity contribution in [1.29, 1.82) is 0 Å². The Morgan fingerprint density at radius 2 is 2.00 bits per heavy atom. The molecule has 1 saturated heterocycles. The second-order valence-corrected chi connectivity index (χ2v) is 11.9. The largest absolute Gasteiger partial charge is 0.491 e. The van der Waals surface area contributed by atoms with E-state index < -0.39 is 0 Å². The van der Waals surface area contributed by atoms with E-state index in [0.717, 1.165) is 38.7 Å². The highest BCUT2D eigenvalue weighted by Crippen LogP contribution is 2.63. The van der Waals surface area contributed by atoms with E-state index in [2.05, 4.69) is 25.4 Å². The first-order valence-corrected chi connectivity index (χ1v) is 14.1. The number of pyridine rings is 1. The molecule has 1 aromatic heterocycles. The van der Waals surface area contributed by atoms with Gasteiger partial charge in [0.1, 0.15) is 5.56 Å². The Morgan fingerprint density at radius 1 is 1.19 bits per heavy atom. The highest BCUT2D eigenvalue weighted by atomic mass is 16.7. The summed E-state index contributed by atoms with van der Waals surface area (Å²) in [5.74, 6) is 1.58. The molecule has 3 saturated carbocycles. The normalized spacial score (nSPS) is 36.7. The summed E-state index contributed by atoms with van der Waals surface area (Å²) >= 11 is 0. The minimum atomic E-state index is -0.372. The number of aromatic nitrogens is 1. The van der Waals surface area contributed by atoms with E-state index in [1.807, 2.05) is 0 Å². The molecular weight excluding hydrogens is 454 g/mol. The molecule has 0 bridgehead atoms. The fraction of sp³-hybridized carbons (Fsp3) is 0.733. The number of carbonyl (C=O) groups excluding carboxylic acids is 1. The van der Waals surface area contributed by atoms with Crippen molar-refractivity contribution in [1.82, 2.24) is 4.98 Å². The minimum Gasteiger partial charge on any atom is -0.491 e. The topological polar surface area (TPSA) is 66.9 Å². The van der Waals surface area contributed by atoms with Gasteiger partial charge in [0.2, 0.25) is 0 Å². The molecule has 6 heteroatoms. The van der Waals surface area contributed by atoms with Gasteiger partial charge < -0.3 is 18.9 Å². The SMILES string of the molecule is C=C1CCC2[C@]3(C)CO[C@@H](C4CCCC4)O[C@@H]3CC[C@@]2(C)[C@@H]1CCOc1cnccc1C(=O)OCC. The van der Waals surface area contributed by atoms with Crippen molar-refractivity contribution in [2.45, 2.75) is 91.0 Å². The number of hydrogen-bond acceptors (Lipinski definition) is 6. The van der Waals surface area contributed by atoms with E-state index in [0.29, 0.717) is 42.3 Å². The van der Waals surface area contributed by atoms with Crippen molar-refractivity contribution in [3.63, 3.8) is 0 Å². The molecule has 3 aliphatic carbocycles. The molecule has 1 aromatic rings. The van der Waals surface area contributed by atoms with Gasteiger partial charge in [0, 0.05) is 17.5 Å². The van der Waals surface area contributed by atoms with Gasteiger partial charge >= 0.3 is 5.97 Å². The van der Waals surface area contributed by atoms with Crippen molar-refractivity contribution in [2.24, 2.45) is 28.6 Å². The molecule has 4 fully saturated rings. The van der Waals surface area contributed by atoms with E-state index in [1.165, 1.54) is 31.3 Å². The van der Waals surface area contributed by atoms with Crippen LogP contribution in [0.25, 0.3) is 0 Å². The summed E-state index contributed by atoms with van der Waals surface area (Å²) in [6, 6.07) is 1.66. The van der Waals surface area contributed by atoms with Gasteiger partial charge in [0.05, 0.1) is 32.1 Å². The fourth-order valence-corrected chi connectivity index (χ4v) is 8.02. The molecule has 36 heavy (non-hydrogen) atoms. The summed E-state index contributed by atoms with van der Waals surface area (Å²) in [6.45, 7) is 12.8. The summed E-state index contributed by atoms with van der Waals surface area (Å²) in [5, 5.41) is 0. The van der Waals surface area contributed by atoms with Crippen LogP contribution in [0, 0.1) is 28.6 Å². The molecule has 198 valence electrons. The molecule has 0 amide bonds. The Kier molecular flexibility index (Phi) is 7.46. The minimum absolute atomic E-state index is 0.00856. The van der Waals surface area contributed by atoms with Crippen LogP contribution >= 0.6 is 0 Å². The first-order chi connectivity index (χ1) is 17.4. The predicted molar refractivity (Wildman–Crippen MR) is 138 cm³/mol. The van der Waals surface area contributed by atoms with E-state index in [1.54, 1.807) is 25.4 Å². The fourth-order valence-electron chi connectivity index (χ4n) is 8.02. The van der Waals surface area contributed by atoms with Gasteiger partial charge in [-0.1, -0.05) is 38.8 Å². The quantitative estimate of drug-likeness (QED) is 0.323. The summed E-state index contributed by atoms with van der Waals surface area (Å²) in [6.07, 6.45) is 13.9. The molecule has 0 N–H and O–H groups in total. The summed E-state index contributed by atoms with van der Waals surface area (Å²) in [7, 11) is 0. The van der Waals surface area contributed by atoms with Crippen LogP contribution in [-0.4, -0.2) is 43.2 Å². The summed E-state index contributed by atoms with van der Waals surface area (Å²) in [5.41, 5.74) is 1.93. The average Bonchev–Trinajstić information content (AvgIpc) is 3.40. The number of rotatable bonds is 7. The average molecular weight is 498 g/mol. The third-order valence-corrected chi connectivity index (χ3v) is 9.90.